The molecular weight excluding hydrogens is 346 g/mol. The molecule has 1 aliphatic heterocycles. The number of carbonyl (C=O) groups is 1. The third-order valence-corrected chi connectivity index (χ3v) is 5.43. The molecule has 1 heterocycles. The van der Waals surface area contributed by atoms with Crippen LogP contribution < -0.4 is 14.8 Å². The maximum atomic E-state index is 12.3. The van der Waals surface area contributed by atoms with Crippen LogP contribution in [0.25, 0.3) is 0 Å². The average Bonchev–Trinajstić information content (AvgIpc) is 2.60. The Bertz CT molecular complexity index is 677. The first kappa shape index (κ1) is 19.5. The van der Waals surface area contributed by atoms with Gasteiger partial charge in [0.15, 0.2) is 0 Å². The Hall–Kier alpha value is -1.84. The van der Waals surface area contributed by atoms with Gasteiger partial charge in [0, 0.05) is 50.9 Å². The summed E-state index contributed by atoms with van der Waals surface area (Å²) >= 11 is 0. The highest BCUT2D eigenvalue weighted by Gasteiger charge is 2.23. The number of methoxy groups -OCH3 is 2. The Morgan fingerprint density at radius 1 is 1.08 bits per heavy atom. The third kappa shape index (κ3) is 5.58. The Kier molecular flexibility index (Phi) is 6.63. The minimum absolute atomic E-state index is 0.202. The van der Waals surface area contributed by atoms with Gasteiger partial charge in [0.1, 0.15) is 11.5 Å². The van der Waals surface area contributed by atoms with Gasteiger partial charge in [0.05, 0.1) is 20.5 Å². The topological polar surface area (TPSA) is 88.2 Å². The van der Waals surface area contributed by atoms with Crippen molar-refractivity contribution in [3.63, 3.8) is 0 Å². The molecule has 1 aromatic rings. The molecule has 1 aliphatic rings. The molecule has 25 heavy (non-hydrogen) atoms. The number of amides is 1. The highest BCUT2D eigenvalue weighted by Crippen LogP contribution is 2.22. The summed E-state index contributed by atoms with van der Waals surface area (Å²) in [5.74, 6) is 0.912. The van der Waals surface area contributed by atoms with E-state index in [1.165, 1.54) is 24.8 Å². The van der Waals surface area contributed by atoms with Gasteiger partial charge >= 0.3 is 0 Å². The Labute approximate surface area is 148 Å². The zero-order valence-electron chi connectivity index (χ0n) is 14.8. The number of rotatable bonds is 7. The molecule has 0 saturated carbocycles. The fourth-order valence-electron chi connectivity index (χ4n) is 2.65. The normalized spacial score (nSPS) is 16.4. The van der Waals surface area contributed by atoms with Gasteiger partial charge in [-0.15, -0.1) is 0 Å². The highest BCUT2D eigenvalue weighted by molar-refractivity contribution is 7.88. The maximum Gasteiger partial charge on any atom is 0.251 e. The number of sulfonamides is 1. The molecule has 1 saturated heterocycles. The predicted octanol–water partition coefficient (Wildman–Crippen LogP) is 0.0108. The third-order valence-electron chi connectivity index (χ3n) is 4.13. The number of piperazine rings is 1. The van der Waals surface area contributed by atoms with Gasteiger partial charge in [-0.1, -0.05) is 0 Å². The molecule has 1 amide bonds. The van der Waals surface area contributed by atoms with Gasteiger partial charge < -0.3 is 14.8 Å². The molecule has 9 heteroatoms. The van der Waals surface area contributed by atoms with E-state index >= 15 is 0 Å². The molecule has 0 aliphatic carbocycles. The van der Waals surface area contributed by atoms with Gasteiger partial charge in [0.2, 0.25) is 10.0 Å². The summed E-state index contributed by atoms with van der Waals surface area (Å²) in [5, 5.41) is 2.87. The zero-order chi connectivity index (χ0) is 18.4. The van der Waals surface area contributed by atoms with Crippen molar-refractivity contribution in [3.05, 3.63) is 23.8 Å². The van der Waals surface area contributed by atoms with Gasteiger partial charge in [-0.05, 0) is 12.1 Å². The van der Waals surface area contributed by atoms with E-state index in [9.17, 15) is 13.2 Å². The molecule has 140 valence electrons. The second-order valence-electron chi connectivity index (χ2n) is 5.86. The molecule has 0 aromatic heterocycles. The van der Waals surface area contributed by atoms with Crippen molar-refractivity contribution in [1.29, 1.82) is 0 Å². The largest absolute Gasteiger partial charge is 0.497 e. The van der Waals surface area contributed by atoms with Crippen LogP contribution in [0.5, 0.6) is 11.5 Å². The molecule has 1 aromatic carbocycles. The molecule has 0 spiro atoms. The summed E-state index contributed by atoms with van der Waals surface area (Å²) in [4.78, 5) is 14.4. The van der Waals surface area contributed by atoms with Crippen LogP contribution in [-0.4, -0.2) is 83.3 Å². The Balaban J connectivity index is 1.81. The number of benzene rings is 1. The molecule has 1 N–H and O–H groups in total. The molecular formula is C16H25N3O5S. The van der Waals surface area contributed by atoms with Crippen LogP contribution in [0.2, 0.25) is 0 Å². The lowest BCUT2D eigenvalue weighted by Crippen LogP contribution is -2.49. The molecule has 0 unspecified atom stereocenters. The fourth-order valence-corrected chi connectivity index (χ4v) is 3.48. The molecule has 8 nitrogen and oxygen atoms in total. The van der Waals surface area contributed by atoms with Gasteiger partial charge in [-0.25, -0.2) is 8.42 Å². The van der Waals surface area contributed by atoms with Crippen LogP contribution in [0.4, 0.5) is 0 Å². The van der Waals surface area contributed by atoms with E-state index in [0.717, 1.165) is 0 Å². The predicted molar refractivity (Wildman–Crippen MR) is 94.7 cm³/mol. The summed E-state index contributed by atoms with van der Waals surface area (Å²) in [5.41, 5.74) is 0.470. The molecule has 0 bridgehead atoms. The van der Waals surface area contributed by atoms with Crippen LogP contribution in [0.3, 0.4) is 0 Å². The van der Waals surface area contributed by atoms with Crippen molar-refractivity contribution >= 4 is 15.9 Å². The SMILES string of the molecule is COc1cc(OC)cc(C(=O)NCCN2CCN(S(C)(=O)=O)CC2)c1. The van der Waals surface area contributed by atoms with Crippen molar-refractivity contribution in [2.75, 3.05) is 59.7 Å². The summed E-state index contributed by atoms with van der Waals surface area (Å²) < 4.78 is 34.8. The lowest BCUT2D eigenvalue weighted by Gasteiger charge is -2.33. The number of ether oxygens (including phenoxy) is 2. The van der Waals surface area contributed by atoms with E-state index < -0.39 is 10.0 Å². The fraction of sp³-hybridized carbons (Fsp3) is 0.562. The standard InChI is InChI=1S/C16H25N3O5S/c1-23-14-10-13(11-15(12-14)24-2)16(20)17-4-5-18-6-8-19(9-7-18)25(3,21)22/h10-12H,4-9H2,1-3H3,(H,17,20). The van der Waals surface area contributed by atoms with Crippen molar-refractivity contribution in [1.82, 2.24) is 14.5 Å². The minimum atomic E-state index is -3.12. The van der Waals surface area contributed by atoms with Crippen LogP contribution in [-0.2, 0) is 10.0 Å². The summed E-state index contributed by atoms with van der Waals surface area (Å²) in [6.07, 6.45) is 1.23. The van der Waals surface area contributed by atoms with Crippen molar-refractivity contribution in [3.8, 4) is 11.5 Å². The van der Waals surface area contributed by atoms with E-state index in [1.807, 2.05) is 0 Å². The van der Waals surface area contributed by atoms with E-state index in [4.69, 9.17) is 9.47 Å². The van der Waals surface area contributed by atoms with E-state index in [-0.39, 0.29) is 5.91 Å². The molecule has 0 radical (unpaired) electrons. The summed E-state index contributed by atoms with van der Waals surface area (Å²) in [6, 6.07) is 5.02. The smallest absolute Gasteiger partial charge is 0.251 e. The number of hydrogen-bond acceptors (Lipinski definition) is 6. The monoisotopic (exact) mass is 371 g/mol. The van der Waals surface area contributed by atoms with Crippen molar-refractivity contribution < 1.29 is 22.7 Å². The molecule has 0 atom stereocenters. The highest BCUT2D eigenvalue weighted by atomic mass is 32.2. The number of nitrogens with zero attached hydrogens (tertiary/aromatic N) is 2. The number of nitrogens with one attached hydrogen (secondary N) is 1. The second-order valence-corrected chi connectivity index (χ2v) is 7.84. The van der Waals surface area contributed by atoms with Crippen LogP contribution in [0.15, 0.2) is 18.2 Å². The maximum absolute atomic E-state index is 12.3. The minimum Gasteiger partial charge on any atom is -0.497 e. The average molecular weight is 371 g/mol. The van der Waals surface area contributed by atoms with Gasteiger partial charge in [-0.2, -0.15) is 4.31 Å². The van der Waals surface area contributed by atoms with Crippen LogP contribution >= 0.6 is 0 Å². The van der Waals surface area contributed by atoms with E-state index in [1.54, 1.807) is 18.2 Å². The van der Waals surface area contributed by atoms with Crippen molar-refractivity contribution in [2.45, 2.75) is 0 Å². The summed E-state index contributed by atoms with van der Waals surface area (Å²) in [7, 11) is -0.0507. The van der Waals surface area contributed by atoms with Crippen molar-refractivity contribution in [2.24, 2.45) is 0 Å². The van der Waals surface area contributed by atoms with Gasteiger partial charge in [0.25, 0.3) is 5.91 Å². The Morgan fingerprint density at radius 3 is 2.12 bits per heavy atom. The first-order chi connectivity index (χ1) is 11.8. The first-order valence-corrected chi connectivity index (χ1v) is 9.87. The number of carbonyl (C=O) groups excluding carboxylic acids is 1. The lowest BCUT2D eigenvalue weighted by atomic mass is 10.2. The Morgan fingerprint density at radius 2 is 1.64 bits per heavy atom. The second kappa shape index (κ2) is 8.50. The number of hydrogen-bond donors (Lipinski definition) is 1. The first-order valence-electron chi connectivity index (χ1n) is 8.02. The molecule has 2 rings (SSSR count). The lowest BCUT2D eigenvalue weighted by molar-refractivity contribution is 0.0944. The van der Waals surface area contributed by atoms with Crippen LogP contribution in [0, 0.1) is 0 Å². The van der Waals surface area contributed by atoms with Gasteiger partial charge in [-0.3, -0.25) is 9.69 Å². The van der Waals surface area contributed by atoms with E-state index in [2.05, 4.69) is 10.2 Å². The van der Waals surface area contributed by atoms with E-state index in [0.29, 0.717) is 56.3 Å². The van der Waals surface area contributed by atoms with Crippen LogP contribution in [0.1, 0.15) is 10.4 Å². The summed E-state index contributed by atoms with van der Waals surface area (Å²) in [6.45, 7) is 3.45. The quantitative estimate of drug-likeness (QED) is 0.727. The molecule has 1 fully saturated rings. The zero-order valence-corrected chi connectivity index (χ0v) is 15.6.